The number of aryl methyl sites for hydroxylation is 1. The third kappa shape index (κ3) is 3.96. The van der Waals surface area contributed by atoms with Crippen molar-refractivity contribution in [1.29, 1.82) is 0 Å². The maximum atomic E-state index is 12.3. The molecule has 0 saturated carbocycles. The number of amides is 2. The molecule has 0 unspecified atom stereocenters. The number of ether oxygens (including phenoxy) is 1. The van der Waals surface area contributed by atoms with Crippen LogP contribution < -0.4 is 19.9 Å². The Morgan fingerprint density at radius 2 is 1.92 bits per heavy atom. The number of carbonyl (C=O) groups is 2. The van der Waals surface area contributed by atoms with Crippen LogP contribution in [-0.2, 0) is 9.59 Å². The molecule has 2 aromatic rings. The lowest BCUT2D eigenvalue weighted by Crippen LogP contribution is -2.40. The van der Waals surface area contributed by atoms with E-state index in [0.29, 0.717) is 12.3 Å². The van der Waals surface area contributed by atoms with E-state index in [0.717, 1.165) is 22.6 Å². The van der Waals surface area contributed by atoms with Gasteiger partial charge in [-0.25, -0.2) is 0 Å². The van der Waals surface area contributed by atoms with E-state index >= 15 is 0 Å². The van der Waals surface area contributed by atoms with E-state index in [2.05, 4.69) is 5.32 Å². The van der Waals surface area contributed by atoms with Crippen molar-refractivity contribution < 1.29 is 14.3 Å². The number of benzene rings is 2. The fraction of sp³-hybridized carbons (Fsp3) is 0.300. The number of rotatable bonds is 5. The Morgan fingerprint density at radius 3 is 2.62 bits per heavy atom. The lowest BCUT2D eigenvalue weighted by Gasteiger charge is -2.29. The highest BCUT2D eigenvalue weighted by atomic mass is 16.5. The molecule has 1 N–H and O–H groups in total. The largest absolute Gasteiger partial charge is 0.482 e. The van der Waals surface area contributed by atoms with E-state index < -0.39 is 0 Å². The molecule has 0 atom stereocenters. The first-order valence-corrected chi connectivity index (χ1v) is 8.55. The molecule has 0 fully saturated rings. The zero-order valence-electron chi connectivity index (χ0n) is 15.3. The van der Waals surface area contributed by atoms with Gasteiger partial charge in [-0.05, 0) is 48.9 Å². The van der Waals surface area contributed by atoms with E-state index in [1.54, 1.807) is 4.90 Å². The van der Waals surface area contributed by atoms with Crippen LogP contribution in [0, 0.1) is 6.92 Å². The van der Waals surface area contributed by atoms with Crippen LogP contribution in [0.1, 0.15) is 12.0 Å². The highest BCUT2D eigenvalue weighted by Crippen LogP contribution is 2.32. The summed E-state index contributed by atoms with van der Waals surface area (Å²) in [5.74, 6) is 0.414. The number of nitrogens with zero attached hydrogens (tertiary/aromatic N) is 2. The van der Waals surface area contributed by atoms with Crippen molar-refractivity contribution in [2.45, 2.75) is 13.3 Å². The van der Waals surface area contributed by atoms with Gasteiger partial charge in [-0.3, -0.25) is 9.59 Å². The first kappa shape index (κ1) is 17.8. The van der Waals surface area contributed by atoms with Crippen LogP contribution in [0.25, 0.3) is 0 Å². The van der Waals surface area contributed by atoms with Gasteiger partial charge in [0.05, 0.1) is 5.69 Å². The predicted molar refractivity (Wildman–Crippen MR) is 103 cm³/mol. The van der Waals surface area contributed by atoms with Crippen molar-refractivity contribution in [3.8, 4) is 5.75 Å². The summed E-state index contributed by atoms with van der Waals surface area (Å²) in [5, 5.41) is 2.87. The molecule has 2 aromatic carbocycles. The standard InChI is InChI=1S/C20H23N3O3/c1-14-4-9-18-17(12-14)23(20(25)13-26-18)11-10-19(24)21-15-5-7-16(8-6-15)22(2)3/h4-9,12H,10-11,13H2,1-3H3,(H,21,24). The van der Waals surface area contributed by atoms with E-state index in [4.69, 9.17) is 4.74 Å². The summed E-state index contributed by atoms with van der Waals surface area (Å²) in [4.78, 5) is 28.1. The van der Waals surface area contributed by atoms with E-state index in [9.17, 15) is 9.59 Å². The molecule has 26 heavy (non-hydrogen) atoms. The Bertz CT molecular complexity index is 816. The lowest BCUT2D eigenvalue weighted by molar-refractivity contribution is -0.121. The summed E-state index contributed by atoms with van der Waals surface area (Å²) in [6.45, 7) is 2.28. The quantitative estimate of drug-likeness (QED) is 0.898. The first-order chi connectivity index (χ1) is 12.4. The van der Waals surface area contributed by atoms with Crippen LogP contribution in [0.2, 0.25) is 0 Å². The summed E-state index contributed by atoms with van der Waals surface area (Å²) >= 11 is 0. The van der Waals surface area contributed by atoms with Crippen LogP contribution in [0.15, 0.2) is 42.5 Å². The van der Waals surface area contributed by atoms with Gasteiger partial charge in [-0.1, -0.05) is 6.07 Å². The first-order valence-electron chi connectivity index (χ1n) is 8.55. The van der Waals surface area contributed by atoms with Crippen molar-refractivity contribution in [3.05, 3.63) is 48.0 Å². The summed E-state index contributed by atoms with van der Waals surface area (Å²) in [7, 11) is 3.93. The molecule has 0 spiro atoms. The summed E-state index contributed by atoms with van der Waals surface area (Å²) in [6.07, 6.45) is 0.217. The second kappa shape index (κ2) is 7.47. The lowest BCUT2D eigenvalue weighted by atomic mass is 10.1. The number of nitrogens with one attached hydrogen (secondary N) is 1. The van der Waals surface area contributed by atoms with Gasteiger partial charge in [-0.2, -0.15) is 0 Å². The molecule has 3 rings (SSSR count). The molecule has 136 valence electrons. The third-order valence-corrected chi connectivity index (χ3v) is 4.29. The minimum atomic E-state index is -0.133. The monoisotopic (exact) mass is 353 g/mol. The number of anilines is 3. The summed E-state index contributed by atoms with van der Waals surface area (Å²) < 4.78 is 5.46. The molecule has 1 aliphatic heterocycles. The van der Waals surface area contributed by atoms with E-state index in [-0.39, 0.29) is 24.8 Å². The SMILES string of the molecule is Cc1ccc2c(c1)N(CCC(=O)Nc1ccc(N(C)C)cc1)C(=O)CO2. The van der Waals surface area contributed by atoms with E-state index in [1.165, 1.54) is 0 Å². The predicted octanol–water partition coefficient (Wildman–Crippen LogP) is 2.82. The molecule has 6 heteroatoms. The second-order valence-corrected chi connectivity index (χ2v) is 6.54. The van der Waals surface area contributed by atoms with Crippen molar-refractivity contribution >= 4 is 28.9 Å². The zero-order valence-corrected chi connectivity index (χ0v) is 15.3. The fourth-order valence-corrected chi connectivity index (χ4v) is 2.84. The molecule has 1 aliphatic rings. The van der Waals surface area contributed by atoms with Crippen LogP contribution in [-0.4, -0.2) is 39.1 Å². The van der Waals surface area contributed by atoms with Crippen LogP contribution in [0.5, 0.6) is 5.75 Å². The van der Waals surface area contributed by atoms with Gasteiger partial charge in [0.25, 0.3) is 5.91 Å². The van der Waals surface area contributed by atoms with Crippen LogP contribution in [0.4, 0.5) is 17.1 Å². The minimum Gasteiger partial charge on any atom is -0.482 e. The average molecular weight is 353 g/mol. The maximum Gasteiger partial charge on any atom is 0.265 e. The maximum absolute atomic E-state index is 12.3. The highest BCUT2D eigenvalue weighted by Gasteiger charge is 2.25. The topological polar surface area (TPSA) is 61.9 Å². The molecule has 0 saturated heterocycles. The third-order valence-electron chi connectivity index (χ3n) is 4.29. The second-order valence-electron chi connectivity index (χ2n) is 6.54. The van der Waals surface area contributed by atoms with Crippen molar-refractivity contribution in [1.82, 2.24) is 0 Å². The van der Waals surface area contributed by atoms with Crippen molar-refractivity contribution in [2.75, 3.05) is 42.4 Å². The van der Waals surface area contributed by atoms with Crippen LogP contribution >= 0.6 is 0 Å². The molecule has 1 heterocycles. The van der Waals surface area contributed by atoms with Gasteiger partial charge in [-0.15, -0.1) is 0 Å². The van der Waals surface area contributed by atoms with Gasteiger partial charge in [0, 0.05) is 38.4 Å². The minimum absolute atomic E-state index is 0.00365. The van der Waals surface area contributed by atoms with Gasteiger partial charge < -0.3 is 19.9 Å². The Balaban J connectivity index is 1.62. The van der Waals surface area contributed by atoms with Crippen molar-refractivity contribution in [3.63, 3.8) is 0 Å². The smallest absolute Gasteiger partial charge is 0.265 e. The molecule has 0 bridgehead atoms. The molecule has 0 aromatic heterocycles. The summed E-state index contributed by atoms with van der Waals surface area (Å²) in [5.41, 5.74) is 3.57. The fourth-order valence-electron chi connectivity index (χ4n) is 2.84. The highest BCUT2D eigenvalue weighted by molar-refractivity contribution is 5.99. The number of carbonyl (C=O) groups excluding carboxylic acids is 2. The number of hydrogen-bond acceptors (Lipinski definition) is 4. The Morgan fingerprint density at radius 1 is 1.19 bits per heavy atom. The molecular weight excluding hydrogens is 330 g/mol. The average Bonchev–Trinajstić information content (AvgIpc) is 2.61. The van der Waals surface area contributed by atoms with Gasteiger partial charge in [0.2, 0.25) is 5.91 Å². The Labute approximate surface area is 153 Å². The zero-order chi connectivity index (χ0) is 18.7. The molecular formula is C20H23N3O3. The molecule has 0 radical (unpaired) electrons. The van der Waals surface area contributed by atoms with E-state index in [1.807, 2.05) is 68.4 Å². The van der Waals surface area contributed by atoms with Gasteiger partial charge >= 0.3 is 0 Å². The van der Waals surface area contributed by atoms with Gasteiger partial charge in [0.1, 0.15) is 5.75 Å². The molecule has 0 aliphatic carbocycles. The number of fused-ring (bicyclic) bond motifs is 1. The summed E-state index contributed by atoms with van der Waals surface area (Å²) in [6, 6.07) is 13.3. The Kier molecular flexibility index (Phi) is 5.11. The van der Waals surface area contributed by atoms with Crippen molar-refractivity contribution in [2.24, 2.45) is 0 Å². The van der Waals surface area contributed by atoms with Gasteiger partial charge in [0.15, 0.2) is 6.61 Å². The normalized spacial score (nSPS) is 13.0. The van der Waals surface area contributed by atoms with Crippen LogP contribution in [0.3, 0.4) is 0 Å². The Hall–Kier alpha value is -3.02. The number of hydrogen-bond donors (Lipinski definition) is 1. The molecule has 2 amide bonds. The molecule has 6 nitrogen and oxygen atoms in total.